The number of carbonyl (C=O) groups excluding carboxylic acids is 1. The second-order valence-corrected chi connectivity index (χ2v) is 5.03. The number of aromatic nitrogens is 2. The maximum atomic E-state index is 12.0. The summed E-state index contributed by atoms with van der Waals surface area (Å²) in [5.41, 5.74) is 0. The van der Waals surface area contributed by atoms with Crippen LogP contribution in [0.5, 0.6) is 0 Å². The second kappa shape index (κ2) is 6.16. The van der Waals surface area contributed by atoms with Crippen LogP contribution in [0.3, 0.4) is 0 Å². The number of thiophene rings is 1. The fraction of sp³-hybridized carbons (Fsp3) is 0.308. The van der Waals surface area contributed by atoms with Crippen LogP contribution < -0.4 is 0 Å². The molecule has 2 aromatic rings. The van der Waals surface area contributed by atoms with E-state index < -0.39 is 0 Å². The van der Waals surface area contributed by atoms with Gasteiger partial charge < -0.3 is 9.47 Å². The van der Waals surface area contributed by atoms with Gasteiger partial charge in [-0.25, -0.2) is 4.98 Å². The third kappa shape index (κ3) is 3.20. The van der Waals surface area contributed by atoms with Crippen LogP contribution in [0.15, 0.2) is 29.9 Å². The molecule has 0 spiro atoms. The smallest absolute Gasteiger partial charge is 0.242 e. The quantitative estimate of drug-likeness (QED) is 0.837. The average Bonchev–Trinajstić information content (AvgIpc) is 3.05. The number of carbonyl (C=O) groups is 1. The van der Waals surface area contributed by atoms with Gasteiger partial charge in [-0.3, -0.25) is 4.79 Å². The third-order valence-corrected chi connectivity index (χ3v) is 3.61. The Kier molecular flexibility index (Phi) is 4.31. The zero-order chi connectivity index (χ0) is 13.7. The molecule has 2 rings (SSSR count). The van der Waals surface area contributed by atoms with Crippen LogP contribution in [0.1, 0.15) is 6.42 Å². The van der Waals surface area contributed by atoms with Crippen LogP contribution in [0.25, 0.3) is 10.7 Å². The van der Waals surface area contributed by atoms with Crippen LogP contribution >= 0.6 is 11.3 Å². The van der Waals surface area contributed by atoms with E-state index in [9.17, 15) is 4.79 Å². The van der Waals surface area contributed by atoms with E-state index in [1.165, 1.54) is 0 Å². The molecule has 0 bridgehead atoms. The number of hydrogen-bond acceptors (Lipinski definition) is 4. The average molecular weight is 274 g/mol. The second-order valence-electron chi connectivity index (χ2n) is 4.08. The molecule has 0 saturated carbocycles. The van der Waals surface area contributed by atoms with Crippen LogP contribution in [0.4, 0.5) is 0 Å². The largest absolute Gasteiger partial charge is 0.343 e. The van der Waals surface area contributed by atoms with Gasteiger partial charge in [-0.05, 0) is 11.4 Å². The minimum absolute atomic E-state index is 0.0222. The predicted molar refractivity (Wildman–Crippen MR) is 73.4 cm³/mol. The number of rotatable bonds is 5. The number of amides is 1. The lowest BCUT2D eigenvalue weighted by atomic mass is 10.4. The summed E-state index contributed by atoms with van der Waals surface area (Å²) in [6, 6.07) is 5.97. The lowest BCUT2D eigenvalue weighted by Gasteiger charge is -2.16. The Labute approximate surface area is 115 Å². The molecule has 0 atom stereocenters. The molecular weight excluding hydrogens is 260 g/mol. The first-order valence-corrected chi connectivity index (χ1v) is 6.76. The fourth-order valence-electron chi connectivity index (χ4n) is 1.68. The molecule has 0 fully saturated rings. The lowest BCUT2D eigenvalue weighted by molar-refractivity contribution is -0.130. The highest BCUT2D eigenvalue weighted by Crippen LogP contribution is 2.22. The minimum Gasteiger partial charge on any atom is -0.343 e. The first-order valence-electron chi connectivity index (χ1n) is 5.88. The van der Waals surface area contributed by atoms with Gasteiger partial charge in [0.1, 0.15) is 12.4 Å². The first-order chi connectivity index (χ1) is 9.22. The molecule has 98 valence electrons. The standard InChI is InChI=1S/C13H14N4OS/c1-16(7-3-5-14)12(18)10-17-8-6-15-13(17)11-4-2-9-19-11/h2,4,6,8-9H,3,7,10H2,1H3. The van der Waals surface area contributed by atoms with E-state index in [0.717, 1.165) is 10.7 Å². The van der Waals surface area contributed by atoms with E-state index in [2.05, 4.69) is 4.98 Å². The van der Waals surface area contributed by atoms with Gasteiger partial charge in [0.2, 0.25) is 5.91 Å². The Bertz CT molecular complexity index is 582. The van der Waals surface area contributed by atoms with E-state index in [4.69, 9.17) is 5.26 Å². The Morgan fingerprint density at radius 2 is 2.47 bits per heavy atom. The molecule has 0 aliphatic carbocycles. The molecule has 1 amide bonds. The van der Waals surface area contributed by atoms with Crippen molar-refractivity contribution in [3.63, 3.8) is 0 Å². The van der Waals surface area contributed by atoms with Crippen molar-refractivity contribution >= 4 is 17.2 Å². The van der Waals surface area contributed by atoms with Crippen LogP contribution in [0, 0.1) is 11.3 Å². The number of nitriles is 1. The van der Waals surface area contributed by atoms with Crippen molar-refractivity contribution in [2.45, 2.75) is 13.0 Å². The zero-order valence-corrected chi connectivity index (χ0v) is 11.4. The van der Waals surface area contributed by atoms with E-state index in [0.29, 0.717) is 13.0 Å². The number of nitrogens with zero attached hydrogens (tertiary/aromatic N) is 4. The summed E-state index contributed by atoms with van der Waals surface area (Å²) in [5, 5.41) is 10.5. The maximum Gasteiger partial charge on any atom is 0.242 e. The highest BCUT2D eigenvalue weighted by molar-refractivity contribution is 7.13. The molecule has 19 heavy (non-hydrogen) atoms. The highest BCUT2D eigenvalue weighted by Gasteiger charge is 2.13. The molecule has 5 nitrogen and oxygen atoms in total. The summed E-state index contributed by atoms with van der Waals surface area (Å²) in [5.74, 6) is 0.781. The SMILES string of the molecule is CN(CCC#N)C(=O)Cn1ccnc1-c1cccs1. The van der Waals surface area contributed by atoms with Gasteiger partial charge >= 0.3 is 0 Å². The van der Waals surface area contributed by atoms with Crippen molar-refractivity contribution in [1.82, 2.24) is 14.5 Å². The maximum absolute atomic E-state index is 12.0. The van der Waals surface area contributed by atoms with Crippen molar-refractivity contribution < 1.29 is 4.79 Å². The molecular formula is C13H14N4OS. The van der Waals surface area contributed by atoms with Gasteiger partial charge in [-0.1, -0.05) is 6.07 Å². The van der Waals surface area contributed by atoms with Gasteiger partial charge in [0.05, 0.1) is 17.4 Å². The van der Waals surface area contributed by atoms with E-state index in [-0.39, 0.29) is 12.5 Å². The van der Waals surface area contributed by atoms with Crippen LogP contribution in [0.2, 0.25) is 0 Å². The van der Waals surface area contributed by atoms with Crippen molar-refractivity contribution in [1.29, 1.82) is 5.26 Å². The van der Waals surface area contributed by atoms with Gasteiger partial charge in [0.15, 0.2) is 0 Å². The molecule has 0 aliphatic rings. The summed E-state index contributed by atoms with van der Waals surface area (Å²) in [6.07, 6.45) is 3.84. The Balaban J connectivity index is 2.06. The summed E-state index contributed by atoms with van der Waals surface area (Å²) < 4.78 is 1.83. The molecule has 0 aliphatic heterocycles. The zero-order valence-electron chi connectivity index (χ0n) is 10.6. The van der Waals surface area contributed by atoms with Crippen molar-refractivity contribution in [3.8, 4) is 16.8 Å². The van der Waals surface area contributed by atoms with Gasteiger partial charge in [0, 0.05) is 26.0 Å². The van der Waals surface area contributed by atoms with Crippen LogP contribution in [-0.2, 0) is 11.3 Å². The fourth-order valence-corrected chi connectivity index (χ4v) is 2.41. The summed E-state index contributed by atoms with van der Waals surface area (Å²) >= 11 is 1.59. The van der Waals surface area contributed by atoms with E-state index in [1.54, 1.807) is 35.7 Å². The monoisotopic (exact) mass is 274 g/mol. The molecule has 0 aromatic carbocycles. The van der Waals surface area contributed by atoms with Crippen LogP contribution in [-0.4, -0.2) is 34.0 Å². The summed E-state index contributed by atoms with van der Waals surface area (Å²) in [4.78, 5) is 18.9. The first kappa shape index (κ1) is 13.3. The molecule has 2 aromatic heterocycles. The topological polar surface area (TPSA) is 61.9 Å². The number of hydrogen-bond donors (Lipinski definition) is 0. The Morgan fingerprint density at radius 1 is 1.63 bits per heavy atom. The molecule has 0 saturated heterocycles. The summed E-state index contributed by atoms with van der Waals surface area (Å²) in [7, 11) is 1.71. The Hall–Kier alpha value is -2.13. The third-order valence-electron chi connectivity index (χ3n) is 2.75. The molecule has 0 unspecified atom stereocenters. The normalized spacial score (nSPS) is 10.1. The van der Waals surface area contributed by atoms with Crippen molar-refractivity contribution in [2.24, 2.45) is 0 Å². The molecule has 6 heteroatoms. The van der Waals surface area contributed by atoms with Gasteiger partial charge in [-0.2, -0.15) is 5.26 Å². The van der Waals surface area contributed by atoms with E-state index in [1.807, 2.05) is 28.1 Å². The van der Waals surface area contributed by atoms with Crippen molar-refractivity contribution in [2.75, 3.05) is 13.6 Å². The lowest BCUT2D eigenvalue weighted by Crippen LogP contribution is -2.30. The Morgan fingerprint density at radius 3 is 3.16 bits per heavy atom. The molecule has 2 heterocycles. The van der Waals surface area contributed by atoms with E-state index >= 15 is 0 Å². The number of likely N-dealkylation sites (N-methyl/N-ethyl adjacent to an activating group) is 1. The highest BCUT2D eigenvalue weighted by atomic mass is 32.1. The van der Waals surface area contributed by atoms with Crippen molar-refractivity contribution in [3.05, 3.63) is 29.9 Å². The van der Waals surface area contributed by atoms with Gasteiger partial charge in [0.25, 0.3) is 0 Å². The summed E-state index contributed by atoms with van der Waals surface area (Å²) in [6.45, 7) is 0.702. The predicted octanol–water partition coefficient (Wildman–Crippen LogP) is 1.98. The number of imidazole rings is 1. The molecule has 0 N–H and O–H groups in total. The van der Waals surface area contributed by atoms with Gasteiger partial charge in [-0.15, -0.1) is 11.3 Å². The minimum atomic E-state index is -0.0222. The molecule has 0 radical (unpaired) electrons.